The fourth-order valence-electron chi connectivity index (χ4n) is 4.43. The van der Waals surface area contributed by atoms with Crippen LogP contribution < -0.4 is 0 Å². The highest BCUT2D eigenvalue weighted by Gasteiger charge is 2.42. The van der Waals surface area contributed by atoms with Gasteiger partial charge in [0.1, 0.15) is 15.9 Å². The number of fused-ring (bicyclic) bond motifs is 1. The molecule has 3 fully saturated rings. The lowest BCUT2D eigenvalue weighted by Gasteiger charge is -2.36. The third kappa shape index (κ3) is 3.15. The molecule has 3 aromatic rings. The van der Waals surface area contributed by atoms with E-state index in [0.29, 0.717) is 35.8 Å². The first-order valence-electron chi connectivity index (χ1n) is 10.4. The van der Waals surface area contributed by atoms with Crippen LogP contribution in [-0.2, 0) is 10.0 Å². The van der Waals surface area contributed by atoms with Gasteiger partial charge in [-0.2, -0.15) is 18.0 Å². The van der Waals surface area contributed by atoms with Crippen molar-refractivity contribution in [3.63, 3.8) is 0 Å². The van der Waals surface area contributed by atoms with Crippen molar-refractivity contribution in [2.24, 2.45) is 5.92 Å². The Balaban J connectivity index is 1.16. The molecule has 2 aliphatic heterocycles. The summed E-state index contributed by atoms with van der Waals surface area (Å²) < 4.78 is 41.5. The lowest BCUT2D eigenvalue weighted by Crippen LogP contribution is -2.48. The Morgan fingerprint density at radius 1 is 1.17 bits per heavy atom. The molecule has 3 aliphatic rings. The van der Waals surface area contributed by atoms with Crippen LogP contribution in [0.2, 0.25) is 0 Å². The summed E-state index contributed by atoms with van der Waals surface area (Å²) in [6.07, 6.45) is 4.86. The van der Waals surface area contributed by atoms with Crippen LogP contribution in [0.4, 0.5) is 0 Å². The Hall–Kier alpha value is -1.95. The van der Waals surface area contributed by atoms with Gasteiger partial charge in [0.05, 0.1) is 23.7 Å². The molecule has 4 heterocycles. The molecule has 1 atom stereocenters. The predicted octanol–water partition coefficient (Wildman–Crippen LogP) is 2.41. The van der Waals surface area contributed by atoms with Gasteiger partial charge in [-0.25, -0.2) is 8.42 Å². The fourth-order valence-corrected chi connectivity index (χ4v) is 6.71. The maximum Gasteiger partial charge on any atom is 0.245 e. The van der Waals surface area contributed by atoms with Gasteiger partial charge in [-0.1, -0.05) is 11.2 Å². The van der Waals surface area contributed by atoms with Crippen molar-refractivity contribution in [3.05, 3.63) is 29.9 Å². The van der Waals surface area contributed by atoms with Crippen molar-refractivity contribution >= 4 is 32.8 Å². The normalized spacial score (nSPS) is 23.9. The topological polar surface area (TPSA) is 105 Å². The van der Waals surface area contributed by atoms with Crippen LogP contribution in [0, 0.1) is 5.92 Å². The maximum absolute atomic E-state index is 13.1. The van der Waals surface area contributed by atoms with Gasteiger partial charge in [0.25, 0.3) is 0 Å². The SMILES string of the molecule is O=S(=O)(c1cccc2nsnc12)N1CC(c2noc(C3CCCN3CC3CC3)n2)C1. The first-order valence-corrected chi connectivity index (χ1v) is 12.6. The van der Waals surface area contributed by atoms with Gasteiger partial charge in [0.15, 0.2) is 5.82 Å². The van der Waals surface area contributed by atoms with Crippen LogP contribution in [0.5, 0.6) is 0 Å². The molecule has 1 aliphatic carbocycles. The molecule has 0 amide bonds. The molecular formula is C19H22N6O3S2. The summed E-state index contributed by atoms with van der Waals surface area (Å²) >= 11 is 1.02. The molecule has 1 unspecified atom stereocenters. The Labute approximate surface area is 178 Å². The molecule has 1 saturated carbocycles. The number of benzene rings is 1. The average Bonchev–Trinajstić information content (AvgIpc) is 3.10. The minimum atomic E-state index is -3.62. The summed E-state index contributed by atoms with van der Waals surface area (Å²) in [4.78, 5) is 7.34. The molecule has 1 aromatic carbocycles. The summed E-state index contributed by atoms with van der Waals surface area (Å²) in [7, 11) is -3.62. The minimum Gasteiger partial charge on any atom is -0.338 e. The fraction of sp³-hybridized carbons (Fsp3) is 0.579. The van der Waals surface area contributed by atoms with E-state index in [4.69, 9.17) is 4.52 Å². The van der Waals surface area contributed by atoms with Crippen LogP contribution in [0.1, 0.15) is 49.4 Å². The molecule has 0 radical (unpaired) electrons. The second-order valence-corrected chi connectivity index (χ2v) is 10.9. The van der Waals surface area contributed by atoms with E-state index in [0.717, 1.165) is 43.6 Å². The summed E-state index contributed by atoms with van der Waals surface area (Å²) in [6.45, 7) is 2.91. The first kappa shape index (κ1) is 18.8. The van der Waals surface area contributed by atoms with Gasteiger partial charge >= 0.3 is 0 Å². The molecule has 158 valence electrons. The molecule has 6 rings (SSSR count). The molecule has 11 heteroatoms. The van der Waals surface area contributed by atoms with E-state index < -0.39 is 10.0 Å². The number of nitrogens with zero attached hydrogens (tertiary/aromatic N) is 6. The quantitative estimate of drug-likeness (QED) is 0.568. The van der Waals surface area contributed by atoms with E-state index in [1.54, 1.807) is 18.2 Å². The third-order valence-corrected chi connectivity index (χ3v) is 8.78. The first-order chi connectivity index (χ1) is 14.6. The van der Waals surface area contributed by atoms with Gasteiger partial charge in [-0.3, -0.25) is 4.90 Å². The van der Waals surface area contributed by atoms with E-state index in [1.807, 2.05) is 0 Å². The molecule has 0 N–H and O–H groups in total. The molecule has 30 heavy (non-hydrogen) atoms. The van der Waals surface area contributed by atoms with Crippen LogP contribution in [0.3, 0.4) is 0 Å². The molecule has 2 aromatic heterocycles. The van der Waals surface area contributed by atoms with E-state index in [2.05, 4.69) is 23.8 Å². The molecule has 0 bridgehead atoms. The van der Waals surface area contributed by atoms with E-state index in [-0.39, 0.29) is 16.9 Å². The Kier molecular flexibility index (Phi) is 4.41. The van der Waals surface area contributed by atoms with Gasteiger partial charge in [0.2, 0.25) is 15.9 Å². The van der Waals surface area contributed by atoms with Gasteiger partial charge < -0.3 is 4.52 Å². The van der Waals surface area contributed by atoms with Gasteiger partial charge in [-0.05, 0) is 50.3 Å². The predicted molar refractivity (Wildman–Crippen MR) is 109 cm³/mol. The second-order valence-electron chi connectivity index (χ2n) is 8.49. The summed E-state index contributed by atoms with van der Waals surface area (Å²) in [5, 5.41) is 4.19. The van der Waals surface area contributed by atoms with Crippen molar-refractivity contribution in [3.8, 4) is 0 Å². The van der Waals surface area contributed by atoms with E-state index in [1.165, 1.54) is 17.1 Å². The van der Waals surface area contributed by atoms with Crippen LogP contribution in [-0.4, -0.2) is 62.7 Å². The summed E-state index contributed by atoms with van der Waals surface area (Å²) in [5.41, 5.74) is 1.04. The Bertz CT molecular complexity index is 1180. The number of hydrogen-bond acceptors (Lipinski definition) is 9. The number of sulfonamides is 1. The summed E-state index contributed by atoms with van der Waals surface area (Å²) in [5.74, 6) is 2.09. The largest absolute Gasteiger partial charge is 0.338 e. The Morgan fingerprint density at radius 3 is 2.87 bits per heavy atom. The molecule has 9 nitrogen and oxygen atoms in total. The minimum absolute atomic E-state index is 0.0386. The van der Waals surface area contributed by atoms with Crippen LogP contribution in [0.25, 0.3) is 11.0 Å². The molecule has 0 spiro atoms. The van der Waals surface area contributed by atoms with Crippen molar-refractivity contribution in [2.75, 3.05) is 26.2 Å². The summed E-state index contributed by atoms with van der Waals surface area (Å²) in [6, 6.07) is 5.27. The number of likely N-dealkylation sites (tertiary alicyclic amines) is 1. The zero-order valence-electron chi connectivity index (χ0n) is 16.3. The van der Waals surface area contributed by atoms with Crippen molar-refractivity contribution in [2.45, 2.75) is 42.5 Å². The highest BCUT2D eigenvalue weighted by Crippen LogP contribution is 2.38. The molecular weight excluding hydrogens is 424 g/mol. The zero-order valence-corrected chi connectivity index (χ0v) is 18.0. The average molecular weight is 447 g/mol. The third-order valence-electron chi connectivity index (χ3n) is 6.38. The molecule has 2 saturated heterocycles. The maximum atomic E-state index is 13.1. The Morgan fingerprint density at radius 2 is 2.03 bits per heavy atom. The monoisotopic (exact) mass is 446 g/mol. The smallest absolute Gasteiger partial charge is 0.245 e. The number of rotatable bonds is 6. The number of aromatic nitrogens is 4. The van der Waals surface area contributed by atoms with Gasteiger partial charge in [0, 0.05) is 19.6 Å². The lowest BCUT2D eigenvalue weighted by atomic mass is 10.0. The standard InChI is InChI=1S/C19H22N6O3S2/c26-30(27,16-5-1-3-14-17(16)23-29-22-14)25-10-13(11-25)18-20-19(28-21-18)15-4-2-8-24(15)9-12-6-7-12/h1,3,5,12-13,15H,2,4,6-11H2. The van der Waals surface area contributed by atoms with Gasteiger partial charge in [-0.15, -0.1) is 0 Å². The highest BCUT2D eigenvalue weighted by molar-refractivity contribution is 7.89. The van der Waals surface area contributed by atoms with E-state index in [9.17, 15) is 8.42 Å². The number of hydrogen-bond donors (Lipinski definition) is 0. The van der Waals surface area contributed by atoms with Crippen molar-refractivity contribution in [1.29, 1.82) is 0 Å². The van der Waals surface area contributed by atoms with Crippen molar-refractivity contribution < 1.29 is 12.9 Å². The lowest BCUT2D eigenvalue weighted by molar-refractivity contribution is 0.200. The van der Waals surface area contributed by atoms with Crippen LogP contribution in [0.15, 0.2) is 27.6 Å². The van der Waals surface area contributed by atoms with E-state index >= 15 is 0 Å². The zero-order chi connectivity index (χ0) is 20.3. The second kappa shape index (κ2) is 7.04. The van der Waals surface area contributed by atoms with Crippen LogP contribution >= 0.6 is 11.7 Å². The van der Waals surface area contributed by atoms with Crippen molar-refractivity contribution in [1.82, 2.24) is 28.1 Å². The highest BCUT2D eigenvalue weighted by atomic mass is 32.2.